The van der Waals surface area contributed by atoms with Crippen LogP contribution < -0.4 is 0 Å². The molecule has 1 aliphatic heterocycles. The third kappa shape index (κ3) is 4.15. The van der Waals surface area contributed by atoms with Crippen LogP contribution in [0.15, 0.2) is 42.2 Å². The van der Waals surface area contributed by atoms with Crippen LogP contribution in [-0.2, 0) is 14.3 Å². The summed E-state index contributed by atoms with van der Waals surface area (Å²) in [4.78, 5) is 11.4. The first kappa shape index (κ1) is 14.2. The van der Waals surface area contributed by atoms with E-state index in [4.69, 9.17) is 9.47 Å². The molecule has 1 heterocycles. The van der Waals surface area contributed by atoms with Crippen LogP contribution in [0.3, 0.4) is 0 Å². The molecule has 2 rings (SSSR count). The number of aliphatic hydroxyl groups excluding tert-OH is 1. The second-order valence-corrected chi connectivity index (χ2v) is 4.89. The number of esters is 1. The largest absolute Gasteiger partial charge is 0.457 e. The molecule has 0 saturated heterocycles. The van der Waals surface area contributed by atoms with Gasteiger partial charge in [0, 0.05) is 25.8 Å². The maximum absolute atomic E-state index is 11.4. The first-order valence-electron chi connectivity index (χ1n) is 6.32. The minimum absolute atomic E-state index is 0.151. The van der Waals surface area contributed by atoms with Crippen molar-refractivity contribution < 1.29 is 19.4 Å². The summed E-state index contributed by atoms with van der Waals surface area (Å²) in [5.74, 6) is 4.49. The molecule has 0 amide bonds. The molecule has 0 spiro atoms. The van der Waals surface area contributed by atoms with E-state index in [1.807, 2.05) is 30.3 Å². The van der Waals surface area contributed by atoms with Gasteiger partial charge in [0.1, 0.15) is 11.9 Å². The number of benzene rings is 1. The van der Waals surface area contributed by atoms with Crippen molar-refractivity contribution in [3.8, 4) is 11.8 Å². The molecule has 1 aromatic carbocycles. The summed E-state index contributed by atoms with van der Waals surface area (Å²) >= 11 is 0. The molecule has 0 aliphatic carbocycles. The Balaban J connectivity index is 2.00. The van der Waals surface area contributed by atoms with Gasteiger partial charge in [-0.3, -0.25) is 0 Å². The van der Waals surface area contributed by atoms with Gasteiger partial charge in [-0.15, -0.1) is 0 Å². The first-order valence-corrected chi connectivity index (χ1v) is 6.32. The van der Waals surface area contributed by atoms with Crippen molar-refractivity contribution in [2.45, 2.75) is 32.2 Å². The van der Waals surface area contributed by atoms with E-state index in [-0.39, 0.29) is 6.42 Å². The number of ether oxygens (including phenoxy) is 2. The van der Waals surface area contributed by atoms with Crippen LogP contribution >= 0.6 is 0 Å². The fourth-order valence-electron chi connectivity index (χ4n) is 1.80. The lowest BCUT2D eigenvalue weighted by molar-refractivity contribution is -0.206. The van der Waals surface area contributed by atoms with Crippen molar-refractivity contribution in [3.63, 3.8) is 0 Å². The molecule has 0 radical (unpaired) electrons. The molecule has 0 saturated carbocycles. The number of carbonyl (C=O) groups is 1. The number of hydrogen-bond donors (Lipinski definition) is 1. The maximum Gasteiger partial charge on any atom is 0.337 e. The van der Waals surface area contributed by atoms with Crippen molar-refractivity contribution in [1.29, 1.82) is 0 Å². The SMILES string of the molecule is CC1(C)OC(=O)C=C(C[C@@H](O)C#Cc2ccccc2)O1. The topological polar surface area (TPSA) is 55.8 Å². The fourth-order valence-corrected chi connectivity index (χ4v) is 1.80. The lowest BCUT2D eigenvalue weighted by Gasteiger charge is -2.30. The molecule has 1 aliphatic rings. The predicted molar refractivity (Wildman–Crippen MR) is 73.3 cm³/mol. The molecule has 4 heteroatoms. The van der Waals surface area contributed by atoms with Gasteiger partial charge in [0.15, 0.2) is 0 Å². The molecule has 1 aromatic rings. The van der Waals surface area contributed by atoms with Crippen LogP contribution in [0, 0.1) is 11.8 Å². The van der Waals surface area contributed by atoms with Crippen LogP contribution in [0.1, 0.15) is 25.8 Å². The average molecular weight is 272 g/mol. The summed E-state index contributed by atoms with van der Waals surface area (Å²) in [6.07, 6.45) is 0.486. The number of rotatable bonds is 2. The van der Waals surface area contributed by atoms with Gasteiger partial charge in [0.25, 0.3) is 0 Å². The Kier molecular flexibility index (Phi) is 4.11. The lowest BCUT2D eigenvalue weighted by atomic mass is 10.1. The van der Waals surface area contributed by atoms with Gasteiger partial charge >= 0.3 is 5.97 Å². The summed E-state index contributed by atoms with van der Waals surface area (Å²) in [7, 11) is 0. The zero-order chi connectivity index (χ0) is 14.6. The highest BCUT2D eigenvalue weighted by atomic mass is 16.7. The van der Waals surface area contributed by atoms with Crippen molar-refractivity contribution in [2.24, 2.45) is 0 Å². The average Bonchev–Trinajstić information content (AvgIpc) is 2.35. The predicted octanol–water partition coefficient (Wildman–Crippen LogP) is 1.98. The zero-order valence-electron chi connectivity index (χ0n) is 11.4. The normalized spacial score (nSPS) is 17.9. The van der Waals surface area contributed by atoms with Crippen LogP contribution in [0.25, 0.3) is 0 Å². The Bertz CT molecular complexity index is 575. The van der Waals surface area contributed by atoms with E-state index in [0.29, 0.717) is 5.76 Å². The zero-order valence-corrected chi connectivity index (χ0v) is 11.4. The summed E-state index contributed by atoms with van der Waals surface area (Å²) in [5, 5.41) is 9.87. The van der Waals surface area contributed by atoms with Gasteiger partial charge in [0.2, 0.25) is 5.79 Å². The van der Waals surface area contributed by atoms with Gasteiger partial charge in [-0.1, -0.05) is 30.0 Å². The third-order valence-corrected chi connectivity index (χ3v) is 2.55. The summed E-state index contributed by atoms with van der Waals surface area (Å²) < 4.78 is 10.4. The van der Waals surface area contributed by atoms with Crippen LogP contribution in [0.2, 0.25) is 0 Å². The number of aliphatic hydroxyl groups is 1. The van der Waals surface area contributed by atoms with E-state index < -0.39 is 17.9 Å². The highest BCUT2D eigenvalue weighted by Gasteiger charge is 2.30. The monoisotopic (exact) mass is 272 g/mol. The number of cyclic esters (lactones) is 1. The molecule has 0 aromatic heterocycles. The second kappa shape index (κ2) is 5.81. The van der Waals surface area contributed by atoms with Crippen LogP contribution in [0.5, 0.6) is 0 Å². The molecule has 104 valence electrons. The first-order chi connectivity index (χ1) is 9.44. The maximum atomic E-state index is 11.4. The van der Waals surface area contributed by atoms with E-state index in [9.17, 15) is 9.90 Å². The fraction of sp³-hybridized carbons (Fsp3) is 0.312. The molecular weight excluding hydrogens is 256 g/mol. The van der Waals surface area contributed by atoms with Gasteiger partial charge in [-0.25, -0.2) is 4.79 Å². The Morgan fingerprint density at radius 2 is 1.95 bits per heavy atom. The third-order valence-electron chi connectivity index (χ3n) is 2.55. The lowest BCUT2D eigenvalue weighted by Crippen LogP contribution is -2.35. The van der Waals surface area contributed by atoms with Crippen molar-refractivity contribution in [2.75, 3.05) is 0 Å². The number of hydrogen-bond acceptors (Lipinski definition) is 4. The Hall–Kier alpha value is -2.25. The van der Waals surface area contributed by atoms with E-state index in [1.165, 1.54) is 6.08 Å². The van der Waals surface area contributed by atoms with Gasteiger partial charge in [-0.05, 0) is 12.1 Å². The Labute approximate surface area is 118 Å². The Morgan fingerprint density at radius 3 is 2.60 bits per heavy atom. The summed E-state index contributed by atoms with van der Waals surface area (Å²) in [5.41, 5.74) is 0.824. The highest BCUT2D eigenvalue weighted by molar-refractivity contribution is 5.83. The summed E-state index contributed by atoms with van der Waals surface area (Å²) in [6, 6.07) is 9.37. The molecule has 0 fully saturated rings. The summed E-state index contributed by atoms with van der Waals surface area (Å²) in [6.45, 7) is 3.28. The Morgan fingerprint density at radius 1 is 1.25 bits per heavy atom. The molecule has 0 unspecified atom stereocenters. The second-order valence-electron chi connectivity index (χ2n) is 4.89. The highest BCUT2D eigenvalue weighted by Crippen LogP contribution is 2.24. The quantitative estimate of drug-likeness (QED) is 0.660. The molecular formula is C16H16O4. The van der Waals surface area contributed by atoms with Crippen molar-refractivity contribution >= 4 is 5.97 Å². The molecule has 0 bridgehead atoms. The minimum atomic E-state index is -1.01. The van der Waals surface area contributed by atoms with E-state index >= 15 is 0 Å². The van der Waals surface area contributed by atoms with Crippen LogP contribution in [0.4, 0.5) is 0 Å². The van der Waals surface area contributed by atoms with Gasteiger partial charge in [-0.2, -0.15) is 0 Å². The smallest absolute Gasteiger partial charge is 0.337 e. The molecule has 1 N–H and O–H groups in total. The van der Waals surface area contributed by atoms with E-state index in [2.05, 4.69) is 11.8 Å². The number of carbonyl (C=O) groups excluding carboxylic acids is 1. The molecule has 1 atom stereocenters. The standard InChI is InChI=1S/C16H16O4/c1-16(2)19-14(11-15(18)20-16)10-13(17)9-8-12-6-4-3-5-7-12/h3-7,11,13,17H,10H2,1-2H3/t13-/m0/s1. The minimum Gasteiger partial charge on any atom is -0.457 e. The van der Waals surface area contributed by atoms with Gasteiger partial charge in [0.05, 0.1) is 6.08 Å². The van der Waals surface area contributed by atoms with Crippen molar-refractivity contribution in [3.05, 3.63) is 47.7 Å². The molecule has 20 heavy (non-hydrogen) atoms. The molecule has 4 nitrogen and oxygen atoms in total. The van der Waals surface area contributed by atoms with E-state index in [1.54, 1.807) is 13.8 Å². The van der Waals surface area contributed by atoms with E-state index in [0.717, 1.165) is 5.56 Å². The van der Waals surface area contributed by atoms with Crippen molar-refractivity contribution in [1.82, 2.24) is 0 Å². The van der Waals surface area contributed by atoms with Crippen LogP contribution in [-0.4, -0.2) is 23.0 Å². The van der Waals surface area contributed by atoms with Gasteiger partial charge < -0.3 is 14.6 Å².